The van der Waals surface area contributed by atoms with Crippen molar-refractivity contribution in [2.24, 2.45) is 0 Å². The van der Waals surface area contributed by atoms with Gasteiger partial charge in [-0.15, -0.1) is 0 Å². The Morgan fingerprint density at radius 3 is 2.94 bits per heavy atom. The summed E-state index contributed by atoms with van der Waals surface area (Å²) in [6, 6.07) is 0. The van der Waals surface area contributed by atoms with E-state index in [9.17, 15) is 14.0 Å². The molecule has 7 heteroatoms. The molecule has 0 fully saturated rings. The molecule has 88 valence electrons. The second-order valence-electron chi connectivity index (χ2n) is 2.92. The summed E-state index contributed by atoms with van der Waals surface area (Å²) in [5, 5.41) is 0. The van der Waals surface area contributed by atoms with Gasteiger partial charge in [0, 0.05) is 6.20 Å². The van der Waals surface area contributed by atoms with Crippen molar-refractivity contribution in [2.45, 2.75) is 20.1 Å². The number of nitrogens with zero attached hydrogens (tertiary/aromatic N) is 2. The van der Waals surface area contributed by atoms with Gasteiger partial charge in [0.25, 0.3) is 11.9 Å². The number of hydrogen-bond acceptors (Lipinski definition) is 4. The highest BCUT2D eigenvalue weighted by atomic mass is 127. The minimum atomic E-state index is -2.14. The van der Waals surface area contributed by atoms with Crippen molar-refractivity contribution < 1.29 is 13.9 Å². The smallest absolute Gasteiger partial charge is 0.362 e. The van der Waals surface area contributed by atoms with Crippen LogP contribution >= 0.6 is 22.6 Å². The second kappa shape index (κ2) is 5.37. The van der Waals surface area contributed by atoms with E-state index in [1.54, 1.807) is 29.5 Å². The van der Waals surface area contributed by atoms with Crippen LogP contribution in [0.25, 0.3) is 0 Å². The third-order valence-electron chi connectivity index (χ3n) is 1.84. The third-order valence-corrected chi connectivity index (χ3v) is 2.58. The Morgan fingerprint density at radius 1 is 1.75 bits per heavy atom. The molecule has 1 aromatic heterocycles. The number of ether oxygens (including phenoxy) is 1. The van der Waals surface area contributed by atoms with E-state index in [-0.39, 0.29) is 16.0 Å². The topological polar surface area (TPSA) is 61.2 Å². The minimum Gasteiger partial charge on any atom is -0.462 e. The van der Waals surface area contributed by atoms with Crippen LogP contribution in [0.3, 0.4) is 0 Å². The van der Waals surface area contributed by atoms with E-state index in [1.807, 2.05) is 0 Å². The van der Waals surface area contributed by atoms with Gasteiger partial charge in [-0.25, -0.2) is 14.2 Å². The molecule has 0 saturated heterocycles. The minimum absolute atomic E-state index is 0.0599. The van der Waals surface area contributed by atoms with Gasteiger partial charge >= 0.3 is 5.97 Å². The largest absolute Gasteiger partial charge is 0.462 e. The first-order chi connectivity index (χ1) is 7.49. The lowest BCUT2D eigenvalue weighted by Crippen LogP contribution is -2.32. The molecule has 1 aromatic rings. The summed E-state index contributed by atoms with van der Waals surface area (Å²) in [6.45, 7) is 3.07. The molecule has 16 heavy (non-hydrogen) atoms. The molecular formula is C9H10FIN2O3. The zero-order valence-corrected chi connectivity index (χ0v) is 10.9. The lowest BCUT2D eigenvalue weighted by molar-refractivity contribution is -0.153. The van der Waals surface area contributed by atoms with E-state index >= 15 is 0 Å². The van der Waals surface area contributed by atoms with Gasteiger partial charge in [0.05, 0.1) is 10.2 Å². The Hall–Kier alpha value is -0.990. The molecule has 0 amide bonds. The van der Waals surface area contributed by atoms with E-state index < -0.39 is 17.8 Å². The van der Waals surface area contributed by atoms with Crippen LogP contribution in [-0.4, -0.2) is 22.1 Å². The molecule has 0 aliphatic heterocycles. The van der Waals surface area contributed by atoms with E-state index in [1.165, 1.54) is 13.1 Å². The monoisotopic (exact) mass is 340 g/mol. The van der Waals surface area contributed by atoms with Crippen LogP contribution in [0.15, 0.2) is 11.0 Å². The van der Waals surface area contributed by atoms with Gasteiger partial charge in [0.2, 0.25) is 0 Å². The molecule has 0 N–H and O–H groups in total. The Labute approximate surface area is 105 Å². The fourth-order valence-electron chi connectivity index (χ4n) is 1.11. The molecule has 0 aromatic carbocycles. The zero-order chi connectivity index (χ0) is 12.3. The lowest BCUT2D eigenvalue weighted by atomic mass is 10.5. The lowest BCUT2D eigenvalue weighted by Gasteiger charge is -2.12. The quantitative estimate of drug-likeness (QED) is 0.613. The number of carbonyl (C=O) groups excluding carboxylic acids is 1. The number of carbonyl (C=O) groups is 1. The predicted molar refractivity (Wildman–Crippen MR) is 62.7 cm³/mol. The highest BCUT2D eigenvalue weighted by Crippen LogP contribution is 2.10. The summed E-state index contributed by atoms with van der Waals surface area (Å²) in [6.07, 6.45) is -0.818. The van der Waals surface area contributed by atoms with E-state index in [2.05, 4.69) is 9.72 Å². The van der Waals surface area contributed by atoms with Gasteiger partial charge in [0.1, 0.15) is 5.82 Å². The average Bonchev–Trinajstić information content (AvgIpc) is 2.24. The third kappa shape index (κ3) is 2.57. The summed E-state index contributed by atoms with van der Waals surface area (Å²) in [5.74, 6) is -0.956. The number of rotatable bonds is 3. The maximum atomic E-state index is 13.7. The molecule has 1 rings (SSSR count). The molecule has 0 aliphatic carbocycles. The van der Waals surface area contributed by atoms with Crippen molar-refractivity contribution >= 4 is 28.6 Å². The SMILES string of the molecule is CCOC(=O)C(F)n1c(C)ncc(I)c1=O. The highest BCUT2D eigenvalue weighted by molar-refractivity contribution is 14.1. The van der Waals surface area contributed by atoms with Crippen LogP contribution in [0.1, 0.15) is 19.0 Å². The number of esters is 1. The maximum Gasteiger partial charge on any atom is 0.362 e. The van der Waals surface area contributed by atoms with E-state index in [0.717, 1.165) is 0 Å². The molecule has 0 radical (unpaired) electrons. The van der Waals surface area contributed by atoms with Crippen molar-refractivity contribution in [3.8, 4) is 0 Å². The number of aryl methyl sites for hydroxylation is 1. The van der Waals surface area contributed by atoms with Gasteiger partial charge < -0.3 is 4.74 Å². The zero-order valence-electron chi connectivity index (χ0n) is 8.74. The summed E-state index contributed by atoms with van der Waals surface area (Å²) >= 11 is 1.73. The van der Waals surface area contributed by atoms with Crippen molar-refractivity contribution in [1.29, 1.82) is 0 Å². The van der Waals surface area contributed by atoms with Gasteiger partial charge in [-0.3, -0.25) is 9.36 Å². The van der Waals surface area contributed by atoms with Crippen molar-refractivity contribution in [3.63, 3.8) is 0 Å². The normalized spacial score (nSPS) is 12.2. The van der Waals surface area contributed by atoms with Crippen LogP contribution in [0.2, 0.25) is 0 Å². The number of halogens is 2. The van der Waals surface area contributed by atoms with Crippen LogP contribution in [0.4, 0.5) is 4.39 Å². The van der Waals surface area contributed by atoms with Gasteiger partial charge in [-0.05, 0) is 36.4 Å². The van der Waals surface area contributed by atoms with Gasteiger partial charge in [0.15, 0.2) is 0 Å². The van der Waals surface area contributed by atoms with E-state index in [0.29, 0.717) is 4.57 Å². The first-order valence-electron chi connectivity index (χ1n) is 4.53. The summed E-state index contributed by atoms with van der Waals surface area (Å²) in [5.41, 5.74) is -0.589. The van der Waals surface area contributed by atoms with Gasteiger partial charge in [-0.2, -0.15) is 0 Å². The van der Waals surface area contributed by atoms with Crippen molar-refractivity contribution in [1.82, 2.24) is 9.55 Å². The van der Waals surface area contributed by atoms with E-state index in [4.69, 9.17) is 0 Å². The molecule has 5 nitrogen and oxygen atoms in total. The summed E-state index contributed by atoms with van der Waals surface area (Å²) in [4.78, 5) is 26.6. The summed E-state index contributed by atoms with van der Waals surface area (Å²) < 4.78 is 19.1. The second-order valence-corrected chi connectivity index (χ2v) is 4.08. The maximum absolute atomic E-state index is 13.7. The highest BCUT2D eigenvalue weighted by Gasteiger charge is 2.24. The number of alkyl halides is 1. The van der Waals surface area contributed by atoms with Gasteiger partial charge in [-0.1, -0.05) is 0 Å². The van der Waals surface area contributed by atoms with Crippen molar-refractivity contribution in [2.75, 3.05) is 6.61 Å². The van der Waals surface area contributed by atoms with Crippen LogP contribution < -0.4 is 5.56 Å². The molecular weight excluding hydrogens is 330 g/mol. The van der Waals surface area contributed by atoms with Crippen LogP contribution in [0.5, 0.6) is 0 Å². The molecule has 1 unspecified atom stereocenters. The van der Waals surface area contributed by atoms with Crippen LogP contribution in [-0.2, 0) is 9.53 Å². The Bertz CT molecular complexity index is 461. The first kappa shape index (κ1) is 13.1. The average molecular weight is 340 g/mol. The Kier molecular flexibility index (Phi) is 4.39. The Morgan fingerprint density at radius 2 is 2.38 bits per heavy atom. The first-order valence-corrected chi connectivity index (χ1v) is 5.61. The Balaban J connectivity index is 3.18. The van der Waals surface area contributed by atoms with Crippen molar-refractivity contribution in [3.05, 3.63) is 25.9 Å². The standard InChI is InChI=1S/C9H10FIN2O3/c1-3-16-9(15)7(10)13-5(2)12-4-6(11)8(13)14/h4,7H,3H2,1-2H3. The fourth-order valence-corrected chi connectivity index (χ4v) is 1.51. The molecule has 0 spiro atoms. The molecule has 0 bridgehead atoms. The fraction of sp³-hybridized carbons (Fsp3) is 0.444. The molecule has 0 aliphatic rings. The number of hydrogen-bond donors (Lipinski definition) is 0. The predicted octanol–water partition coefficient (Wildman–Crippen LogP) is 1.19. The number of aromatic nitrogens is 2. The molecule has 1 heterocycles. The molecule has 1 atom stereocenters. The summed E-state index contributed by atoms with van der Waals surface area (Å²) in [7, 11) is 0. The van der Waals surface area contributed by atoms with Crippen LogP contribution in [0, 0.1) is 10.5 Å². The molecule has 0 saturated carbocycles.